The van der Waals surface area contributed by atoms with Gasteiger partial charge < -0.3 is 5.32 Å². The molecule has 2 fully saturated rings. The molecule has 0 spiro atoms. The Morgan fingerprint density at radius 1 is 1.41 bits per heavy atom. The Balaban J connectivity index is 2.08. The van der Waals surface area contributed by atoms with E-state index in [9.17, 15) is 18.0 Å². The first-order valence-electron chi connectivity index (χ1n) is 5.36. The van der Waals surface area contributed by atoms with E-state index in [2.05, 4.69) is 11.9 Å². The minimum absolute atomic E-state index is 0.206. The lowest BCUT2D eigenvalue weighted by atomic mass is 10.2. The Bertz CT molecular complexity index is 469. The monoisotopic (exact) mass is 258 g/mol. The van der Waals surface area contributed by atoms with Crippen LogP contribution in [0.5, 0.6) is 0 Å². The van der Waals surface area contributed by atoms with Crippen molar-refractivity contribution >= 4 is 22.3 Å². The van der Waals surface area contributed by atoms with Gasteiger partial charge in [-0.15, -0.1) is 6.58 Å². The number of hydrogen-bond donors (Lipinski definition) is 2. The third-order valence-electron chi connectivity index (χ3n) is 3.22. The van der Waals surface area contributed by atoms with E-state index < -0.39 is 26.7 Å². The molecule has 2 rings (SSSR count). The molecule has 0 radical (unpaired) electrons. The van der Waals surface area contributed by atoms with Crippen molar-refractivity contribution in [3.63, 3.8) is 0 Å². The van der Waals surface area contributed by atoms with Crippen molar-refractivity contribution in [2.45, 2.75) is 30.1 Å². The third-order valence-corrected chi connectivity index (χ3v) is 5.04. The van der Waals surface area contributed by atoms with E-state index in [4.69, 9.17) is 0 Å². The number of carbonyl (C=O) groups is 2. The molecule has 2 atom stereocenters. The maximum atomic E-state index is 11.9. The molecule has 0 aromatic heterocycles. The van der Waals surface area contributed by atoms with Gasteiger partial charge in [0.25, 0.3) is 5.91 Å². The van der Waals surface area contributed by atoms with Crippen molar-refractivity contribution in [1.29, 1.82) is 0 Å². The number of amides is 2. The maximum absolute atomic E-state index is 11.9. The molecule has 2 saturated carbocycles. The average Bonchev–Trinajstić information content (AvgIpc) is 3.12. The van der Waals surface area contributed by atoms with Gasteiger partial charge in [-0.1, -0.05) is 6.08 Å². The molecule has 2 amide bonds. The summed E-state index contributed by atoms with van der Waals surface area (Å²) in [5, 5.41) is 1.93. The van der Waals surface area contributed by atoms with Gasteiger partial charge in [0.05, 0.1) is 5.25 Å². The highest BCUT2D eigenvalue weighted by atomic mass is 32.2. The van der Waals surface area contributed by atoms with Crippen LogP contribution in [0.15, 0.2) is 12.7 Å². The zero-order valence-corrected chi connectivity index (χ0v) is 10.00. The number of rotatable bonds is 6. The van der Waals surface area contributed by atoms with Crippen molar-refractivity contribution in [3.05, 3.63) is 12.7 Å². The SMILES string of the molecule is C=CC1C[C@]1(NC=O)C(=O)NS(=O)(=O)C1CC1. The molecule has 1 unspecified atom stereocenters. The van der Waals surface area contributed by atoms with Gasteiger partial charge in [0.1, 0.15) is 5.54 Å². The molecule has 2 aliphatic carbocycles. The quantitative estimate of drug-likeness (QED) is 0.486. The second-order valence-electron chi connectivity index (χ2n) is 4.46. The predicted octanol–water partition coefficient (Wildman–Crippen LogP) is -0.714. The van der Waals surface area contributed by atoms with Crippen LogP contribution < -0.4 is 10.0 Å². The first-order chi connectivity index (χ1) is 7.96. The van der Waals surface area contributed by atoms with Crippen LogP contribution in [0.4, 0.5) is 0 Å². The molecule has 0 saturated heterocycles. The molecule has 94 valence electrons. The Morgan fingerprint density at radius 3 is 2.47 bits per heavy atom. The van der Waals surface area contributed by atoms with Gasteiger partial charge in [-0.3, -0.25) is 14.3 Å². The first-order valence-corrected chi connectivity index (χ1v) is 6.91. The third kappa shape index (κ3) is 2.06. The van der Waals surface area contributed by atoms with Crippen LogP contribution in [0.25, 0.3) is 0 Å². The van der Waals surface area contributed by atoms with Crippen LogP contribution >= 0.6 is 0 Å². The molecular formula is C10H14N2O4S. The highest BCUT2D eigenvalue weighted by Gasteiger charge is 2.59. The normalized spacial score (nSPS) is 31.4. The zero-order valence-electron chi connectivity index (χ0n) is 9.18. The minimum Gasteiger partial charge on any atom is -0.344 e. The van der Waals surface area contributed by atoms with E-state index >= 15 is 0 Å². The Kier molecular flexibility index (Phi) is 2.73. The van der Waals surface area contributed by atoms with Crippen LogP contribution in [-0.2, 0) is 19.6 Å². The van der Waals surface area contributed by atoms with Gasteiger partial charge in [0.2, 0.25) is 16.4 Å². The molecule has 0 aliphatic heterocycles. The molecule has 17 heavy (non-hydrogen) atoms. The second-order valence-corrected chi connectivity index (χ2v) is 6.42. The maximum Gasteiger partial charge on any atom is 0.259 e. The number of sulfonamides is 1. The summed E-state index contributed by atoms with van der Waals surface area (Å²) in [6.45, 7) is 3.54. The van der Waals surface area contributed by atoms with Gasteiger partial charge in [-0.05, 0) is 19.3 Å². The zero-order chi connectivity index (χ0) is 12.7. The van der Waals surface area contributed by atoms with Crippen molar-refractivity contribution in [3.8, 4) is 0 Å². The molecule has 0 bridgehead atoms. The van der Waals surface area contributed by atoms with Crippen LogP contribution in [0.2, 0.25) is 0 Å². The Labute approximate surface area is 99.5 Å². The highest BCUT2D eigenvalue weighted by Crippen LogP contribution is 2.44. The molecule has 6 nitrogen and oxygen atoms in total. The van der Waals surface area contributed by atoms with Crippen LogP contribution in [-0.4, -0.2) is 31.5 Å². The minimum atomic E-state index is -3.57. The Hall–Kier alpha value is -1.37. The molecule has 2 N–H and O–H groups in total. The Morgan fingerprint density at radius 2 is 2.06 bits per heavy atom. The number of nitrogens with one attached hydrogen (secondary N) is 2. The molecule has 2 aliphatic rings. The van der Waals surface area contributed by atoms with E-state index in [1.54, 1.807) is 6.08 Å². The fraction of sp³-hybridized carbons (Fsp3) is 0.600. The van der Waals surface area contributed by atoms with E-state index in [0.29, 0.717) is 25.7 Å². The standard InChI is InChI=1S/C10H14N2O4S/c1-2-7-5-10(7,11-6-13)9(14)12-17(15,16)8-3-4-8/h2,6-8H,1,3-5H2,(H,11,13)(H,12,14)/t7?,10-/m1/s1. The van der Waals surface area contributed by atoms with E-state index in [-0.39, 0.29) is 5.92 Å². The lowest BCUT2D eigenvalue weighted by Gasteiger charge is -2.15. The summed E-state index contributed by atoms with van der Waals surface area (Å²) in [7, 11) is -3.57. The van der Waals surface area contributed by atoms with E-state index in [1.807, 2.05) is 4.72 Å². The molecular weight excluding hydrogens is 244 g/mol. The average molecular weight is 258 g/mol. The van der Waals surface area contributed by atoms with Gasteiger partial charge >= 0.3 is 0 Å². The summed E-state index contributed by atoms with van der Waals surface area (Å²) in [5.41, 5.74) is -1.12. The summed E-state index contributed by atoms with van der Waals surface area (Å²) in [6.07, 6.45) is 3.51. The summed E-state index contributed by atoms with van der Waals surface area (Å²) in [6, 6.07) is 0. The van der Waals surface area contributed by atoms with Crippen molar-refractivity contribution in [2.75, 3.05) is 0 Å². The van der Waals surface area contributed by atoms with Gasteiger partial charge in [-0.25, -0.2) is 8.42 Å². The lowest BCUT2D eigenvalue weighted by molar-refractivity contribution is -0.125. The predicted molar refractivity (Wildman–Crippen MR) is 60.3 cm³/mol. The van der Waals surface area contributed by atoms with Crippen molar-refractivity contribution in [2.24, 2.45) is 5.92 Å². The summed E-state index contributed by atoms with van der Waals surface area (Å²) in [5.74, 6) is -0.872. The molecule has 0 aromatic carbocycles. The largest absolute Gasteiger partial charge is 0.344 e. The second kappa shape index (κ2) is 3.83. The molecule has 7 heteroatoms. The molecule has 0 aromatic rings. The van der Waals surface area contributed by atoms with Crippen molar-refractivity contribution < 1.29 is 18.0 Å². The summed E-state index contributed by atoms with van der Waals surface area (Å²) in [4.78, 5) is 22.3. The summed E-state index contributed by atoms with van der Waals surface area (Å²) < 4.78 is 25.2. The number of hydrogen-bond acceptors (Lipinski definition) is 4. The topological polar surface area (TPSA) is 92.3 Å². The van der Waals surface area contributed by atoms with Crippen LogP contribution in [0, 0.1) is 5.92 Å². The lowest BCUT2D eigenvalue weighted by Crippen LogP contribution is -2.50. The van der Waals surface area contributed by atoms with E-state index in [1.165, 1.54) is 0 Å². The van der Waals surface area contributed by atoms with Gasteiger partial charge in [0, 0.05) is 5.92 Å². The summed E-state index contributed by atoms with van der Waals surface area (Å²) >= 11 is 0. The molecule has 0 heterocycles. The van der Waals surface area contributed by atoms with Crippen molar-refractivity contribution in [1.82, 2.24) is 10.0 Å². The van der Waals surface area contributed by atoms with Gasteiger partial charge in [0.15, 0.2) is 0 Å². The fourth-order valence-corrected chi connectivity index (χ4v) is 3.22. The van der Waals surface area contributed by atoms with Gasteiger partial charge in [-0.2, -0.15) is 0 Å². The fourth-order valence-electron chi connectivity index (χ4n) is 1.85. The smallest absolute Gasteiger partial charge is 0.259 e. The van der Waals surface area contributed by atoms with Crippen LogP contribution in [0.3, 0.4) is 0 Å². The number of carbonyl (C=O) groups excluding carboxylic acids is 2. The van der Waals surface area contributed by atoms with Crippen LogP contribution in [0.1, 0.15) is 19.3 Å². The highest BCUT2D eigenvalue weighted by molar-refractivity contribution is 7.90. The van der Waals surface area contributed by atoms with E-state index in [0.717, 1.165) is 0 Å². The first kappa shape index (κ1) is 12.1.